The van der Waals surface area contributed by atoms with Crippen LogP contribution in [0.25, 0.3) is 0 Å². The quantitative estimate of drug-likeness (QED) is 0.268. The Balaban J connectivity index is 1.66. The Kier molecular flexibility index (Phi) is 9.97. The van der Waals surface area contributed by atoms with Gasteiger partial charge in [0, 0.05) is 31.6 Å². The number of benzene rings is 3. The molecular formula is C33H40N2O3. The van der Waals surface area contributed by atoms with E-state index in [0.717, 1.165) is 55.6 Å². The second-order valence-corrected chi connectivity index (χ2v) is 10.2. The Bertz CT molecular complexity index is 1150. The van der Waals surface area contributed by atoms with Gasteiger partial charge in [0.1, 0.15) is 11.8 Å². The normalized spacial score (nSPS) is 13.8. The molecule has 200 valence electrons. The van der Waals surface area contributed by atoms with Crippen LogP contribution >= 0.6 is 0 Å². The van der Waals surface area contributed by atoms with Crippen molar-refractivity contribution >= 4 is 11.8 Å². The van der Waals surface area contributed by atoms with Gasteiger partial charge >= 0.3 is 0 Å². The van der Waals surface area contributed by atoms with Crippen molar-refractivity contribution in [2.75, 3.05) is 20.2 Å². The zero-order valence-electron chi connectivity index (χ0n) is 22.8. The number of likely N-dealkylation sites (tertiary alicyclic amines) is 1. The van der Waals surface area contributed by atoms with Crippen LogP contribution < -0.4 is 4.74 Å². The largest absolute Gasteiger partial charge is 0.497 e. The summed E-state index contributed by atoms with van der Waals surface area (Å²) in [6.07, 6.45) is 7.05. The number of carbonyl (C=O) groups is 2. The fourth-order valence-corrected chi connectivity index (χ4v) is 5.13. The van der Waals surface area contributed by atoms with Crippen LogP contribution in [0, 0.1) is 0 Å². The molecule has 0 aliphatic carbocycles. The zero-order valence-corrected chi connectivity index (χ0v) is 22.8. The molecule has 3 aromatic rings. The van der Waals surface area contributed by atoms with E-state index in [9.17, 15) is 9.59 Å². The molecule has 0 N–H and O–H groups in total. The highest BCUT2D eigenvalue weighted by atomic mass is 16.5. The Hall–Kier alpha value is -3.60. The predicted molar refractivity (Wildman–Crippen MR) is 152 cm³/mol. The number of methoxy groups -OCH3 is 1. The van der Waals surface area contributed by atoms with E-state index in [1.165, 1.54) is 18.4 Å². The second-order valence-electron chi connectivity index (χ2n) is 10.2. The van der Waals surface area contributed by atoms with Crippen LogP contribution in [0.4, 0.5) is 0 Å². The number of nitrogens with zero attached hydrogens (tertiary/aromatic N) is 2. The fourth-order valence-electron chi connectivity index (χ4n) is 5.13. The summed E-state index contributed by atoms with van der Waals surface area (Å²) >= 11 is 0. The molecule has 1 fully saturated rings. The number of rotatable bonds is 12. The molecule has 1 saturated heterocycles. The van der Waals surface area contributed by atoms with Crippen molar-refractivity contribution in [3.05, 3.63) is 101 Å². The maximum Gasteiger partial charge on any atom is 0.254 e. The number of carbonyl (C=O) groups excluding carboxylic acids is 2. The molecule has 5 heteroatoms. The van der Waals surface area contributed by atoms with E-state index in [1.807, 2.05) is 71.6 Å². The van der Waals surface area contributed by atoms with Crippen molar-refractivity contribution in [3.63, 3.8) is 0 Å². The maximum absolute atomic E-state index is 14.1. The van der Waals surface area contributed by atoms with E-state index in [1.54, 1.807) is 12.0 Å². The van der Waals surface area contributed by atoms with E-state index in [2.05, 4.69) is 19.1 Å². The van der Waals surface area contributed by atoms with Crippen molar-refractivity contribution < 1.29 is 14.3 Å². The molecule has 3 aromatic carbocycles. The van der Waals surface area contributed by atoms with E-state index in [-0.39, 0.29) is 11.8 Å². The number of aryl methyl sites for hydroxylation is 1. The van der Waals surface area contributed by atoms with Crippen molar-refractivity contribution in [1.29, 1.82) is 0 Å². The molecule has 1 heterocycles. The van der Waals surface area contributed by atoms with Crippen molar-refractivity contribution in [2.24, 2.45) is 0 Å². The summed E-state index contributed by atoms with van der Waals surface area (Å²) in [5, 5.41) is 0. The summed E-state index contributed by atoms with van der Waals surface area (Å²) in [6.45, 7) is 4.05. The lowest BCUT2D eigenvalue weighted by Crippen LogP contribution is -2.51. The summed E-state index contributed by atoms with van der Waals surface area (Å²) in [6, 6.07) is 25.1. The van der Waals surface area contributed by atoms with Gasteiger partial charge in [0.25, 0.3) is 5.91 Å². The number of unbranched alkanes of at least 4 members (excludes halogenated alkanes) is 2. The monoisotopic (exact) mass is 512 g/mol. The highest BCUT2D eigenvalue weighted by Gasteiger charge is 2.34. The summed E-state index contributed by atoms with van der Waals surface area (Å²) in [7, 11) is 1.64. The number of hydrogen-bond donors (Lipinski definition) is 0. The van der Waals surface area contributed by atoms with Crippen LogP contribution in [-0.4, -0.2) is 47.9 Å². The third-order valence-corrected chi connectivity index (χ3v) is 7.39. The van der Waals surface area contributed by atoms with Gasteiger partial charge in [-0.15, -0.1) is 0 Å². The van der Waals surface area contributed by atoms with Crippen LogP contribution in [0.1, 0.15) is 66.1 Å². The number of hydrogen-bond acceptors (Lipinski definition) is 3. The lowest BCUT2D eigenvalue weighted by Gasteiger charge is -2.34. The van der Waals surface area contributed by atoms with E-state index >= 15 is 0 Å². The summed E-state index contributed by atoms with van der Waals surface area (Å²) in [5.41, 5.74) is 3.86. The van der Waals surface area contributed by atoms with Crippen LogP contribution in [0.2, 0.25) is 0 Å². The Morgan fingerprint density at radius 2 is 1.50 bits per heavy atom. The molecule has 38 heavy (non-hydrogen) atoms. The summed E-state index contributed by atoms with van der Waals surface area (Å²) in [5.74, 6) is 0.679. The van der Waals surface area contributed by atoms with Crippen molar-refractivity contribution in [1.82, 2.24) is 9.80 Å². The second kappa shape index (κ2) is 13.8. The lowest BCUT2D eigenvalue weighted by molar-refractivity contribution is -0.135. The van der Waals surface area contributed by atoms with Gasteiger partial charge in [-0.25, -0.2) is 0 Å². The third-order valence-electron chi connectivity index (χ3n) is 7.39. The molecule has 0 aromatic heterocycles. The summed E-state index contributed by atoms with van der Waals surface area (Å²) < 4.78 is 5.33. The molecule has 1 atom stereocenters. The van der Waals surface area contributed by atoms with E-state index in [0.29, 0.717) is 18.5 Å². The molecule has 0 spiro atoms. The maximum atomic E-state index is 14.1. The molecule has 0 radical (unpaired) electrons. The van der Waals surface area contributed by atoms with Gasteiger partial charge in [-0.2, -0.15) is 0 Å². The summed E-state index contributed by atoms with van der Waals surface area (Å²) in [4.78, 5) is 31.8. The molecular weight excluding hydrogens is 472 g/mol. The molecule has 1 aliphatic heterocycles. The molecule has 5 nitrogen and oxygen atoms in total. The molecule has 0 bridgehead atoms. The SMILES string of the molecule is CCCCCc1ccc(C(=O)N(Cc2ccc(OC)cc2)C(Cc2ccccc2)C(=O)N2CCCC2)cc1. The molecule has 1 unspecified atom stereocenters. The Morgan fingerprint density at radius 1 is 0.842 bits per heavy atom. The van der Waals surface area contributed by atoms with Crippen LogP contribution in [0.3, 0.4) is 0 Å². The highest BCUT2D eigenvalue weighted by molar-refractivity contribution is 5.97. The minimum atomic E-state index is -0.589. The van der Waals surface area contributed by atoms with Gasteiger partial charge in [-0.3, -0.25) is 9.59 Å². The number of ether oxygens (including phenoxy) is 1. The van der Waals surface area contributed by atoms with Crippen LogP contribution in [0.15, 0.2) is 78.9 Å². The van der Waals surface area contributed by atoms with E-state index < -0.39 is 6.04 Å². The van der Waals surface area contributed by atoms with Crippen molar-refractivity contribution in [3.8, 4) is 5.75 Å². The first-order valence-corrected chi connectivity index (χ1v) is 13.9. The average Bonchev–Trinajstić information content (AvgIpc) is 3.51. The Morgan fingerprint density at radius 3 is 2.13 bits per heavy atom. The topological polar surface area (TPSA) is 49.9 Å². The van der Waals surface area contributed by atoms with Gasteiger partial charge in [-0.05, 0) is 66.6 Å². The molecule has 0 saturated carbocycles. The fraction of sp³-hybridized carbons (Fsp3) is 0.394. The standard InChI is InChI=1S/C33H40N2O3/c1-3-4-6-11-26-14-18-29(19-15-26)32(36)35(25-28-16-20-30(38-2)21-17-28)31(24-27-12-7-5-8-13-27)33(37)34-22-9-10-23-34/h5,7-8,12-21,31H,3-4,6,9-11,22-25H2,1-2H3. The first-order chi connectivity index (χ1) is 18.6. The highest BCUT2D eigenvalue weighted by Crippen LogP contribution is 2.23. The van der Waals surface area contributed by atoms with Gasteiger partial charge in [0.05, 0.1) is 7.11 Å². The Labute approximate surface area is 227 Å². The first kappa shape index (κ1) is 27.4. The first-order valence-electron chi connectivity index (χ1n) is 13.9. The average molecular weight is 513 g/mol. The number of amides is 2. The van der Waals surface area contributed by atoms with Crippen LogP contribution in [0.5, 0.6) is 5.75 Å². The van der Waals surface area contributed by atoms with Gasteiger partial charge < -0.3 is 14.5 Å². The lowest BCUT2D eigenvalue weighted by atomic mass is 10.00. The van der Waals surface area contributed by atoms with E-state index in [4.69, 9.17) is 4.74 Å². The minimum Gasteiger partial charge on any atom is -0.497 e. The van der Waals surface area contributed by atoms with Crippen LogP contribution in [-0.2, 0) is 24.2 Å². The smallest absolute Gasteiger partial charge is 0.254 e. The minimum absolute atomic E-state index is 0.0319. The predicted octanol–water partition coefficient (Wildman–Crippen LogP) is 6.30. The molecule has 4 rings (SSSR count). The molecule has 1 aliphatic rings. The van der Waals surface area contributed by atoms with Gasteiger partial charge in [0.2, 0.25) is 5.91 Å². The van der Waals surface area contributed by atoms with Gasteiger partial charge in [-0.1, -0.05) is 74.4 Å². The third kappa shape index (κ3) is 7.25. The molecule has 2 amide bonds. The van der Waals surface area contributed by atoms with Crippen molar-refractivity contribution in [2.45, 2.75) is 64.5 Å². The van der Waals surface area contributed by atoms with Gasteiger partial charge in [0.15, 0.2) is 0 Å². The zero-order chi connectivity index (χ0) is 26.7.